The molecule has 0 radical (unpaired) electrons. The molecule has 0 spiro atoms. The minimum absolute atomic E-state index is 0.158. The number of hydrogen-bond acceptors (Lipinski definition) is 6. The van der Waals surface area contributed by atoms with E-state index in [2.05, 4.69) is 17.0 Å². The van der Waals surface area contributed by atoms with Crippen LogP contribution < -0.4 is 19.7 Å². The standard InChI is InChI=1S/C24H22N4O3S/c1-3-5-14-31-16-12-10-15(11-13-16)21-25-24-28(26-21)23(30)20(32-24)19-17-8-6-7-9-18(17)27(4-2)22(19)29/h6-13H,3-5,14H2,1-2H3. The molecule has 0 aliphatic carbocycles. The van der Waals surface area contributed by atoms with Crippen molar-refractivity contribution >= 4 is 33.5 Å². The van der Waals surface area contributed by atoms with Crippen LogP contribution in [-0.4, -0.2) is 33.7 Å². The van der Waals surface area contributed by atoms with Gasteiger partial charge in [0.2, 0.25) is 4.96 Å². The third-order valence-electron chi connectivity index (χ3n) is 5.50. The molecule has 7 nitrogen and oxygen atoms in total. The molecule has 4 aromatic rings. The van der Waals surface area contributed by atoms with E-state index in [-0.39, 0.29) is 11.5 Å². The Labute approximate surface area is 188 Å². The number of anilines is 1. The highest BCUT2D eigenvalue weighted by molar-refractivity contribution is 7.15. The number of thiazole rings is 1. The number of amides is 1. The van der Waals surface area contributed by atoms with Crippen molar-refractivity contribution in [2.45, 2.75) is 26.7 Å². The van der Waals surface area contributed by atoms with Crippen LogP contribution in [0.5, 0.6) is 5.75 Å². The molecule has 162 valence electrons. The highest BCUT2D eigenvalue weighted by Gasteiger charge is 2.33. The van der Waals surface area contributed by atoms with E-state index in [4.69, 9.17) is 4.74 Å². The number of likely N-dealkylation sites (N-methyl/N-ethyl adjacent to an activating group) is 1. The number of ether oxygens (including phenoxy) is 1. The van der Waals surface area contributed by atoms with E-state index in [0.717, 1.165) is 35.4 Å². The molecule has 32 heavy (non-hydrogen) atoms. The van der Waals surface area contributed by atoms with Gasteiger partial charge in [0, 0.05) is 17.7 Å². The average molecular weight is 447 g/mol. The van der Waals surface area contributed by atoms with Crippen molar-refractivity contribution in [3.05, 3.63) is 69.0 Å². The molecule has 0 saturated carbocycles. The third kappa shape index (κ3) is 3.27. The van der Waals surface area contributed by atoms with Crippen LogP contribution in [-0.2, 0) is 4.79 Å². The number of hydrogen-bond donors (Lipinski definition) is 0. The Kier molecular flexibility index (Phi) is 5.22. The highest BCUT2D eigenvalue weighted by Crippen LogP contribution is 2.34. The van der Waals surface area contributed by atoms with Gasteiger partial charge in [0.05, 0.1) is 17.9 Å². The van der Waals surface area contributed by atoms with Gasteiger partial charge >= 0.3 is 0 Å². The van der Waals surface area contributed by atoms with Crippen LogP contribution in [0.4, 0.5) is 5.69 Å². The first-order valence-electron chi connectivity index (χ1n) is 10.7. The Balaban J connectivity index is 1.54. The summed E-state index contributed by atoms with van der Waals surface area (Å²) in [7, 11) is 0. The maximum absolute atomic E-state index is 13.2. The molecule has 0 N–H and O–H groups in total. The number of nitrogens with zero attached hydrogens (tertiary/aromatic N) is 4. The van der Waals surface area contributed by atoms with Gasteiger partial charge in [0.25, 0.3) is 11.5 Å². The predicted octanol–water partition coefficient (Wildman–Crippen LogP) is 3.28. The largest absolute Gasteiger partial charge is 0.494 e. The summed E-state index contributed by atoms with van der Waals surface area (Å²) >= 11 is 1.20. The van der Waals surface area contributed by atoms with Crippen LogP contribution in [0.3, 0.4) is 0 Å². The number of carbonyl (C=O) groups excluding carboxylic acids is 1. The SMILES string of the molecule is CCCCOc1ccc(-c2nc3sc(=C4C(=O)N(CC)c5ccccc54)c(=O)n3n2)cc1. The van der Waals surface area contributed by atoms with E-state index in [1.54, 1.807) is 4.90 Å². The van der Waals surface area contributed by atoms with Crippen molar-refractivity contribution in [1.82, 2.24) is 14.6 Å². The van der Waals surface area contributed by atoms with Gasteiger partial charge in [0.1, 0.15) is 10.3 Å². The van der Waals surface area contributed by atoms with Crippen molar-refractivity contribution in [3.63, 3.8) is 0 Å². The van der Waals surface area contributed by atoms with E-state index in [1.807, 2.05) is 55.5 Å². The summed E-state index contributed by atoms with van der Waals surface area (Å²) < 4.78 is 7.36. The first-order chi connectivity index (χ1) is 15.6. The second-order valence-corrected chi connectivity index (χ2v) is 8.51. The predicted molar refractivity (Wildman–Crippen MR) is 125 cm³/mol. The molecule has 1 aliphatic rings. The second-order valence-electron chi connectivity index (χ2n) is 7.53. The number of unbranched alkanes of at least 4 members (excludes halogenated alkanes) is 1. The number of rotatable bonds is 6. The zero-order valence-electron chi connectivity index (χ0n) is 17.9. The van der Waals surface area contributed by atoms with Gasteiger partial charge in [-0.25, -0.2) is 0 Å². The Morgan fingerprint density at radius 1 is 1.03 bits per heavy atom. The third-order valence-corrected chi connectivity index (χ3v) is 6.53. The molecule has 0 fully saturated rings. The first-order valence-corrected chi connectivity index (χ1v) is 11.5. The van der Waals surface area contributed by atoms with E-state index in [9.17, 15) is 9.59 Å². The van der Waals surface area contributed by atoms with Crippen molar-refractivity contribution in [3.8, 4) is 17.1 Å². The lowest BCUT2D eigenvalue weighted by atomic mass is 10.1. The van der Waals surface area contributed by atoms with Crippen LogP contribution in [0.15, 0.2) is 53.3 Å². The summed E-state index contributed by atoms with van der Waals surface area (Å²) in [4.78, 5) is 32.9. The van der Waals surface area contributed by atoms with E-state index >= 15 is 0 Å². The van der Waals surface area contributed by atoms with Gasteiger partial charge < -0.3 is 9.64 Å². The van der Waals surface area contributed by atoms with Gasteiger partial charge in [-0.05, 0) is 43.7 Å². The summed E-state index contributed by atoms with van der Waals surface area (Å²) in [6, 6.07) is 15.1. The van der Waals surface area contributed by atoms with Crippen LogP contribution in [0.2, 0.25) is 0 Å². The lowest BCUT2D eigenvalue weighted by Crippen LogP contribution is -2.32. The molecule has 1 aliphatic heterocycles. The molecule has 0 unspecified atom stereocenters. The summed E-state index contributed by atoms with van der Waals surface area (Å²) in [6.07, 6.45) is 2.09. The fourth-order valence-electron chi connectivity index (χ4n) is 3.86. The number of benzene rings is 2. The highest BCUT2D eigenvalue weighted by atomic mass is 32.1. The fraction of sp³-hybridized carbons (Fsp3) is 0.250. The summed E-state index contributed by atoms with van der Waals surface area (Å²) in [5.41, 5.74) is 2.52. The van der Waals surface area contributed by atoms with Gasteiger partial charge in [-0.1, -0.05) is 42.9 Å². The molecular formula is C24H22N4O3S. The molecule has 0 bridgehead atoms. The van der Waals surface area contributed by atoms with Crippen molar-refractivity contribution < 1.29 is 9.53 Å². The maximum Gasteiger partial charge on any atom is 0.291 e. The topological polar surface area (TPSA) is 76.8 Å². The molecule has 8 heteroatoms. The van der Waals surface area contributed by atoms with Crippen LogP contribution >= 0.6 is 11.3 Å². The molecule has 3 heterocycles. The number of carbonyl (C=O) groups is 1. The van der Waals surface area contributed by atoms with Crippen LogP contribution in [0, 0.1) is 0 Å². The van der Waals surface area contributed by atoms with Gasteiger partial charge in [-0.15, -0.1) is 5.10 Å². The second kappa shape index (κ2) is 8.20. The fourth-order valence-corrected chi connectivity index (χ4v) is 4.85. The average Bonchev–Trinajstić information content (AvgIpc) is 3.44. The van der Waals surface area contributed by atoms with Crippen molar-refractivity contribution in [1.29, 1.82) is 0 Å². The van der Waals surface area contributed by atoms with Crippen molar-refractivity contribution in [2.24, 2.45) is 0 Å². The van der Waals surface area contributed by atoms with Crippen molar-refractivity contribution in [2.75, 3.05) is 18.1 Å². The summed E-state index contributed by atoms with van der Waals surface area (Å²) in [5, 5.41) is 4.42. The molecule has 1 amide bonds. The van der Waals surface area contributed by atoms with Gasteiger partial charge in [-0.2, -0.15) is 9.50 Å². The summed E-state index contributed by atoms with van der Waals surface area (Å²) in [5.74, 6) is 1.11. The van der Waals surface area contributed by atoms with Gasteiger partial charge in [-0.3, -0.25) is 9.59 Å². The van der Waals surface area contributed by atoms with E-state index in [1.165, 1.54) is 15.9 Å². The quantitative estimate of drug-likeness (QED) is 0.425. The molecule has 0 atom stereocenters. The zero-order chi connectivity index (χ0) is 22.2. The molecule has 0 saturated heterocycles. The Bertz CT molecular complexity index is 1420. The lowest BCUT2D eigenvalue weighted by Gasteiger charge is -2.13. The molecule has 2 aromatic heterocycles. The molecule has 5 rings (SSSR count). The van der Waals surface area contributed by atoms with Crippen LogP contribution in [0.1, 0.15) is 32.3 Å². The Hall–Kier alpha value is -3.52. The monoisotopic (exact) mass is 446 g/mol. The summed E-state index contributed by atoms with van der Waals surface area (Å²) in [6.45, 7) is 5.27. The van der Waals surface area contributed by atoms with E-state index in [0.29, 0.717) is 34.0 Å². The smallest absolute Gasteiger partial charge is 0.291 e. The minimum atomic E-state index is -0.320. The maximum atomic E-state index is 13.2. The molecule has 2 aromatic carbocycles. The lowest BCUT2D eigenvalue weighted by molar-refractivity contribution is -0.113. The van der Waals surface area contributed by atoms with Gasteiger partial charge in [0.15, 0.2) is 5.82 Å². The zero-order valence-corrected chi connectivity index (χ0v) is 18.7. The van der Waals surface area contributed by atoms with Crippen LogP contribution in [0.25, 0.3) is 21.9 Å². The van der Waals surface area contributed by atoms with E-state index < -0.39 is 0 Å². The molecular weight excluding hydrogens is 424 g/mol. The normalized spacial score (nSPS) is 14.9. The number of aromatic nitrogens is 3. The Morgan fingerprint density at radius 2 is 1.81 bits per heavy atom. The number of fused-ring (bicyclic) bond motifs is 2. The minimum Gasteiger partial charge on any atom is -0.494 e. The number of para-hydroxylation sites is 1. The first kappa shape index (κ1) is 20.4. The Morgan fingerprint density at radius 3 is 2.53 bits per heavy atom.